The third-order valence-corrected chi connectivity index (χ3v) is 5.05. The number of ether oxygens (including phenoxy) is 2. The Balaban J connectivity index is 1.65. The molecule has 1 saturated heterocycles. The van der Waals surface area contributed by atoms with E-state index in [4.69, 9.17) is 14.7 Å². The first-order valence-corrected chi connectivity index (χ1v) is 9.79. The molecule has 0 radical (unpaired) electrons. The predicted molar refractivity (Wildman–Crippen MR) is 114 cm³/mol. The van der Waals surface area contributed by atoms with E-state index in [2.05, 4.69) is 5.32 Å². The van der Waals surface area contributed by atoms with Gasteiger partial charge >= 0.3 is 5.97 Å². The highest BCUT2D eigenvalue weighted by molar-refractivity contribution is 6.01. The molecule has 0 spiro atoms. The monoisotopic (exact) mass is 421 g/mol. The van der Waals surface area contributed by atoms with E-state index in [1.165, 1.54) is 18.9 Å². The highest BCUT2D eigenvalue weighted by atomic mass is 16.5. The van der Waals surface area contributed by atoms with Gasteiger partial charge in [-0.1, -0.05) is 18.2 Å². The summed E-state index contributed by atoms with van der Waals surface area (Å²) in [6.45, 7) is 3.49. The van der Waals surface area contributed by atoms with Crippen LogP contribution in [0.5, 0.6) is 5.75 Å². The first-order chi connectivity index (χ1) is 14.8. The maximum absolute atomic E-state index is 12.6. The number of carbonyl (C=O) groups excluding carboxylic acids is 3. The molecule has 31 heavy (non-hydrogen) atoms. The standard InChI is InChI=1S/C23H23N3O5/c1-14-8-9-20(30-3)19(10-14)26-13-17(11-21(26)27)23(29)31-15(2)22(28)25-18-7-5-4-6-16(18)12-24/h4-10,15,17H,11,13H2,1-3H3,(H,25,28)/t15-,17-/m1/s1. The Kier molecular flexibility index (Phi) is 6.55. The minimum Gasteiger partial charge on any atom is -0.495 e. The Morgan fingerprint density at radius 1 is 1.26 bits per heavy atom. The van der Waals surface area contributed by atoms with Crippen molar-refractivity contribution in [2.45, 2.75) is 26.4 Å². The minimum absolute atomic E-state index is 0.0124. The van der Waals surface area contributed by atoms with Gasteiger partial charge in [-0.05, 0) is 43.7 Å². The third kappa shape index (κ3) is 4.83. The van der Waals surface area contributed by atoms with Crippen molar-refractivity contribution in [2.24, 2.45) is 5.92 Å². The number of methoxy groups -OCH3 is 1. The molecule has 160 valence electrons. The van der Waals surface area contributed by atoms with Crippen LogP contribution in [0.3, 0.4) is 0 Å². The number of benzene rings is 2. The fraction of sp³-hybridized carbons (Fsp3) is 0.304. The van der Waals surface area contributed by atoms with Gasteiger partial charge < -0.3 is 19.7 Å². The first-order valence-electron chi connectivity index (χ1n) is 9.79. The molecule has 1 heterocycles. The van der Waals surface area contributed by atoms with Gasteiger partial charge in [0.1, 0.15) is 11.8 Å². The maximum atomic E-state index is 12.6. The number of hydrogen-bond donors (Lipinski definition) is 1. The van der Waals surface area contributed by atoms with Crippen LogP contribution in [0.2, 0.25) is 0 Å². The molecule has 1 aliphatic heterocycles. The number of nitrogens with zero attached hydrogens (tertiary/aromatic N) is 2. The smallest absolute Gasteiger partial charge is 0.312 e. The van der Waals surface area contributed by atoms with Crippen LogP contribution in [-0.2, 0) is 19.1 Å². The van der Waals surface area contributed by atoms with Crippen molar-refractivity contribution in [1.29, 1.82) is 5.26 Å². The molecule has 2 amide bonds. The van der Waals surface area contributed by atoms with Crippen molar-refractivity contribution in [3.05, 3.63) is 53.6 Å². The molecule has 0 aliphatic carbocycles. The molecule has 0 saturated carbocycles. The van der Waals surface area contributed by atoms with E-state index in [0.29, 0.717) is 22.7 Å². The van der Waals surface area contributed by atoms with Crippen LogP contribution in [0.1, 0.15) is 24.5 Å². The van der Waals surface area contributed by atoms with Crippen LogP contribution < -0.4 is 15.0 Å². The van der Waals surface area contributed by atoms with Crippen molar-refractivity contribution in [3.8, 4) is 11.8 Å². The Morgan fingerprint density at radius 3 is 2.71 bits per heavy atom. The summed E-state index contributed by atoms with van der Waals surface area (Å²) in [5, 5.41) is 11.7. The van der Waals surface area contributed by atoms with E-state index in [1.807, 2.05) is 25.1 Å². The second-order valence-corrected chi connectivity index (χ2v) is 7.31. The zero-order chi connectivity index (χ0) is 22.5. The van der Waals surface area contributed by atoms with Gasteiger partial charge in [-0.3, -0.25) is 14.4 Å². The average Bonchev–Trinajstić information content (AvgIpc) is 3.15. The molecule has 2 aromatic rings. The molecule has 1 aliphatic rings. The van der Waals surface area contributed by atoms with Gasteiger partial charge in [0.25, 0.3) is 5.91 Å². The quantitative estimate of drug-likeness (QED) is 0.719. The Bertz CT molecular complexity index is 1060. The van der Waals surface area contributed by atoms with Crippen LogP contribution in [0.25, 0.3) is 0 Å². The first kappa shape index (κ1) is 21.8. The number of para-hydroxylation sites is 1. The molecule has 2 atom stereocenters. The number of hydrogen-bond acceptors (Lipinski definition) is 6. The molecule has 2 aromatic carbocycles. The van der Waals surface area contributed by atoms with E-state index in [9.17, 15) is 14.4 Å². The molecule has 0 bridgehead atoms. The molecule has 8 heteroatoms. The summed E-state index contributed by atoms with van der Waals surface area (Å²) < 4.78 is 10.7. The number of esters is 1. The van der Waals surface area contributed by atoms with E-state index < -0.39 is 23.9 Å². The normalized spacial score (nSPS) is 16.4. The fourth-order valence-electron chi connectivity index (χ4n) is 3.36. The average molecular weight is 421 g/mol. The maximum Gasteiger partial charge on any atom is 0.312 e. The minimum atomic E-state index is -1.09. The summed E-state index contributed by atoms with van der Waals surface area (Å²) in [6, 6.07) is 14.0. The Hall–Kier alpha value is -3.86. The van der Waals surface area contributed by atoms with E-state index in [-0.39, 0.29) is 18.9 Å². The SMILES string of the molecule is COc1ccc(C)cc1N1C[C@H](C(=O)O[C@H](C)C(=O)Nc2ccccc2C#N)CC1=O. The summed E-state index contributed by atoms with van der Waals surface area (Å²) in [5.74, 6) is -1.56. The summed E-state index contributed by atoms with van der Waals surface area (Å²) >= 11 is 0. The van der Waals surface area contributed by atoms with Gasteiger partial charge in [-0.25, -0.2) is 0 Å². The molecule has 0 aromatic heterocycles. The van der Waals surface area contributed by atoms with Crippen LogP contribution in [0.15, 0.2) is 42.5 Å². The number of nitriles is 1. The second-order valence-electron chi connectivity index (χ2n) is 7.31. The number of anilines is 2. The van der Waals surface area contributed by atoms with E-state index in [0.717, 1.165) is 5.56 Å². The van der Waals surface area contributed by atoms with Crippen molar-refractivity contribution in [1.82, 2.24) is 0 Å². The van der Waals surface area contributed by atoms with Gasteiger partial charge in [0.15, 0.2) is 6.10 Å². The summed E-state index contributed by atoms with van der Waals surface area (Å²) in [7, 11) is 1.52. The molecular weight excluding hydrogens is 398 g/mol. The lowest BCUT2D eigenvalue weighted by Gasteiger charge is -2.20. The molecular formula is C23H23N3O5. The molecule has 8 nitrogen and oxygen atoms in total. The highest BCUT2D eigenvalue weighted by Gasteiger charge is 2.38. The topological polar surface area (TPSA) is 109 Å². The summed E-state index contributed by atoms with van der Waals surface area (Å²) in [6.07, 6.45) is -1.10. The molecule has 1 fully saturated rings. The van der Waals surface area contributed by atoms with Gasteiger partial charge in [-0.15, -0.1) is 0 Å². The number of nitrogens with one attached hydrogen (secondary N) is 1. The van der Waals surface area contributed by atoms with Crippen LogP contribution >= 0.6 is 0 Å². The fourth-order valence-corrected chi connectivity index (χ4v) is 3.36. The number of amides is 2. The van der Waals surface area contributed by atoms with Gasteiger partial charge in [0, 0.05) is 13.0 Å². The molecule has 1 N–H and O–H groups in total. The van der Waals surface area contributed by atoms with Crippen molar-refractivity contribution in [2.75, 3.05) is 23.9 Å². The van der Waals surface area contributed by atoms with Crippen LogP contribution in [0.4, 0.5) is 11.4 Å². The largest absolute Gasteiger partial charge is 0.495 e. The van der Waals surface area contributed by atoms with Crippen LogP contribution in [-0.4, -0.2) is 37.5 Å². The third-order valence-electron chi connectivity index (χ3n) is 5.05. The zero-order valence-corrected chi connectivity index (χ0v) is 17.5. The van der Waals surface area contributed by atoms with Gasteiger partial charge in [0.05, 0.1) is 30.0 Å². The summed E-state index contributed by atoms with van der Waals surface area (Å²) in [4.78, 5) is 39.1. The summed E-state index contributed by atoms with van der Waals surface area (Å²) in [5.41, 5.74) is 2.20. The second kappa shape index (κ2) is 9.30. The number of rotatable bonds is 6. The van der Waals surface area contributed by atoms with Gasteiger partial charge in [0.2, 0.25) is 5.91 Å². The van der Waals surface area contributed by atoms with Crippen molar-refractivity contribution < 1.29 is 23.9 Å². The number of carbonyl (C=O) groups is 3. The highest BCUT2D eigenvalue weighted by Crippen LogP contribution is 2.34. The Morgan fingerprint density at radius 2 is 2.00 bits per heavy atom. The zero-order valence-electron chi connectivity index (χ0n) is 17.5. The molecule has 0 unspecified atom stereocenters. The lowest BCUT2D eigenvalue weighted by Crippen LogP contribution is -2.33. The predicted octanol–water partition coefficient (Wildman–Crippen LogP) is 2.80. The van der Waals surface area contributed by atoms with E-state index in [1.54, 1.807) is 30.3 Å². The van der Waals surface area contributed by atoms with Gasteiger partial charge in [-0.2, -0.15) is 5.26 Å². The lowest BCUT2D eigenvalue weighted by atomic mass is 10.1. The van der Waals surface area contributed by atoms with Crippen molar-refractivity contribution >= 4 is 29.2 Å². The Labute approximate surface area is 180 Å². The van der Waals surface area contributed by atoms with Crippen LogP contribution in [0, 0.1) is 24.2 Å². The van der Waals surface area contributed by atoms with Crippen molar-refractivity contribution in [3.63, 3.8) is 0 Å². The van der Waals surface area contributed by atoms with E-state index >= 15 is 0 Å². The lowest BCUT2D eigenvalue weighted by molar-refractivity contribution is -0.157. The molecule has 3 rings (SSSR count). The number of aryl methyl sites for hydroxylation is 1.